The number of benzene rings is 2. The Bertz CT molecular complexity index is 826. The number of hydrogen-bond acceptors (Lipinski definition) is 5. The van der Waals surface area contributed by atoms with Crippen LogP contribution in [0.4, 0.5) is 0 Å². The average Bonchev–Trinajstić information content (AvgIpc) is 2.96. The van der Waals surface area contributed by atoms with Gasteiger partial charge in [-0.05, 0) is 24.4 Å². The highest BCUT2D eigenvalue weighted by Gasteiger charge is 2.10. The number of esters is 1. The Morgan fingerprint density at radius 2 is 2.18 bits per heavy atom. The Hall–Kier alpha value is -2.40. The summed E-state index contributed by atoms with van der Waals surface area (Å²) in [6, 6.07) is 11.3. The summed E-state index contributed by atoms with van der Waals surface area (Å²) in [5, 5.41) is 14.4. The van der Waals surface area contributed by atoms with Crippen LogP contribution in [0.5, 0.6) is 5.75 Å². The van der Waals surface area contributed by atoms with Gasteiger partial charge in [-0.2, -0.15) is 0 Å². The molecule has 0 saturated heterocycles. The van der Waals surface area contributed by atoms with Crippen molar-refractivity contribution in [3.8, 4) is 16.3 Å². The van der Waals surface area contributed by atoms with E-state index < -0.39 is 0 Å². The van der Waals surface area contributed by atoms with Crippen molar-refractivity contribution in [3.05, 3.63) is 47.5 Å². The second-order valence-corrected chi connectivity index (χ2v) is 5.70. The van der Waals surface area contributed by atoms with Crippen molar-refractivity contribution in [1.29, 1.82) is 0 Å². The molecule has 0 fully saturated rings. The van der Waals surface area contributed by atoms with Gasteiger partial charge in [-0.15, -0.1) is 11.3 Å². The summed E-state index contributed by atoms with van der Waals surface area (Å²) in [7, 11) is 0. The molecule has 1 aromatic heterocycles. The fourth-order valence-corrected chi connectivity index (χ4v) is 3.09. The summed E-state index contributed by atoms with van der Waals surface area (Å²) in [5.74, 6) is -0.0156. The van der Waals surface area contributed by atoms with Crippen LogP contribution < -0.4 is 0 Å². The number of carbonyl (C=O) groups is 1. The molecule has 5 heteroatoms. The van der Waals surface area contributed by atoms with E-state index in [1.54, 1.807) is 13.0 Å². The number of aromatic hydroxyl groups is 1. The summed E-state index contributed by atoms with van der Waals surface area (Å²) in [5.41, 5.74) is 1.63. The van der Waals surface area contributed by atoms with Gasteiger partial charge in [0.1, 0.15) is 10.8 Å². The van der Waals surface area contributed by atoms with Gasteiger partial charge in [0.15, 0.2) is 0 Å². The van der Waals surface area contributed by atoms with E-state index in [1.807, 2.05) is 35.7 Å². The fraction of sp³-hybridized carbons (Fsp3) is 0.176. The molecule has 112 valence electrons. The molecule has 1 heterocycles. The number of aromatic nitrogens is 1. The molecule has 0 atom stereocenters. The SMILES string of the molecule is CCOC(=O)Cc1csc(-c2ccc3cccc(O)c3c2)n1. The number of carbonyl (C=O) groups excluding carboxylic acids is 1. The Kier molecular flexibility index (Phi) is 4.06. The quantitative estimate of drug-likeness (QED) is 0.745. The zero-order valence-electron chi connectivity index (χ0n) is 12.1. The van der Waals surface area contributed by atoms with Crippen LogP contribution in [-0.4, -0.2) is 22.7 Å². The number of fused-ring (bicyclic) bond motifs is 1. The normalized spacial score (nSPS) is 10.8. The molecular formula is C17H15NO3S. The smallest absolute Gasteiger partial charge is 0.311 e. The maximum absolute atomic E-state index is 11.5. The second-order valence-electron chi connectivity index (χ2n) is 4.84. The van der Waals surface area contributed by atoms with Crippen molar-refractivity contribution in [2.24, 2.45) is 0 Å². The van der Waals surface area contributed by atoms with Crippen molar-refractivity contribution in [2.75, 3.05) is 6.61 Å². The monoisotopic (exact) mass is 313 g/mol. The van der Waals surface area contributed by atoms with Crippen LogP contribution in [-0.2, 0) is 16.0 Å². The number of rotatable bonds is 4. The Balaban J connectivity index is 1.90. The van der Waals surface area contributed by atoms with Crippen molar-refractivity contribution in [2.45, 2.75) is 13.3 Å². The van der Waals surface area contributed by atoms with E-state index >= 15 is 0 Å². The van der Waals surface area contributed by atoms with Crippen LogP contribution in [0, 0.1) is 0 Å². The van der Waals surface area contributed by atoms with Gasteiger partial charge >= 0.3 is 5.97 Å². The lowest BCUT2D eigenvalue weighted by Gasteiger charge is -2.03. The number of hydrogen-bond donors (Lipinski definition) is 1. The molecule has 0 unspecified atom stereocenters. The molecule has 0 amide bonds. The maximum Gasteiger partial charge on any atom is 0.311 e. The minimum atomic E-state index is -0.268. The number of ether oxygens (including phenoxy) is 1. The molecule has 22 heavy (non-hydrogen) atoms. The van der Waals surface area contributed by atoms with Gasteiger partial charge in [-0.25, -0.2) is 4.98 Å². The standard InChI is InChI=1S/C17H15NO3S/c1-2-21-16(20)9-13-10-22-17(18-13)12-7-6-11-4-3-5-15(19)14(11)8-12/h3-8,10,19H,2,9H2,1H3. The molecule has 0 radical (unpaired) electrons. The lowest BCUT2D eigenvalue weighted by molar-refractivity contribution is -0.142. The molecule has 0 aliphatic heterocycles. The predicted octanol–water partition coefficient (Wildman–Crippen LogP) is 3.77. The number of nitrogens with zero attached hydrogens (tertiary/aromatic N) is 1. The Morgan fingerprint density at radius 3 is 3.00 bits per heavy atom. The largest absolute Gasteiger partial charge is 0.507 e. The number of phenolic OH excluding ortho intramolecular Hbond substituents is 1. The first-order valence-corrected chi connectivity index (χ1v) is 7.87. The summed E-state index contributed by atoms with van der Waals surface area (Å²) in [4.78, 5) is 16.0. The first kappa shape index (κ1) is 14.5. The third-order valence-corrected chi connectivity index (χ3v) is 4.23. The van der Waals surface area contributed by atoms with Crippen LogP contribution in [0.25, 0.3) is 21.3 Å². The molecular weight excluding hydrogens is 298 g/mol. The zero-order chi connectivity index (χ0) is 15.5. The number of phenols is 1. The molecule has 0 aliphatic rings. The molecule has 3 aromatic rings. The minimum absolute atomic E-state index is 0.184. The van der Waals surface area contributed by atoms with Crippen LogP contribution in [0.1, 0.15) is 12.6 Å². The molecule has 0 aliphatic carbocycles. The molecule has 1 N–H and O–H groups in total. The predicted molar refractivity (Wildman–Crippen MR) is 87.1 cm³/mol. The van der Waals surface area contributed by atoms with Crippen molar-refractivity contribution in [3.63, 3.8) is 0 Å². The number of thiazole rings is 1. The first-order chi connectivity index (χ1) is 10.7. The molecule has 0 spiro atoms. The van der Waals surface area contributed by atoms with Crippen molar-refractivity contribution in [1.82, 2.24) is 4.98 Å². The van der Waals surface area contributed by atoms with Crippen LogP contribution >= 0.6 is 11.3 Å². The highest BCUT2D eigenvalue weighted by molar-refractivity contribution is 7.13. The highest BCUT2D eigenvalue weighted by Crippen LogP contribution is 2.31. The van der Waals surface area contributed by atoms with E-state index in [4.69, 9.17) is 4.74 Å². The lowest BCUT2D eigenvalue weighted by Crippen LogP contribution is -2.07. The Labute approximate surface area is 132 Å². The van der Waals surface area contributed by atoms with Gasteiger partial charge in [0.05, 0.1) is 18.7 Å². The van der Waals surface area contributed by atoms with E-state index in [-0.39, 0.29) is 18.1 Å². The maximum atomic E-state index is 11.5. The molecule has 2 aromatic carbocycles. The van der Waals surface area contributed by atoms with E-state index in [0.717, 1.165) is 21.3 Å². The third-order valence-electron chi connectivity index (χ3n) is 3.29. The molecule has 4 nitrogen and oxygen atoms in total. The topological polar surface area (TPSA) is 59.4 Å². The lowest BCUT2D eigenvalue weighted by atomic mass is 10.1. The zero-order valence-corrected chi connectivity index (χ0v) is 12.9. The van der Waals surface area contributed by atoms with E-state index in [0.29, 0.717) is 12.3 Å². The fourth-order valence-electron chi connectivity index (χ4n) is 2.27. The highest BCUT2D eigenvalue weighted by atomic mass is 32.1. The van der Waals surface area contributed by atoms with Crippen LogP contribution in [0.2, 0.25) is 0 Å². The minimum Gasteiger partial charge on any atom is -0.507 e. The van der Waals surface area contributed by atoms with Gasteiger partial charge in [0.2, 0.25) is 0 Å². The van der Waals surface area contributed by atoms with E-state index in [1.165, 1.54) is 11.3 Å². The van der Waals surface area contributed by atoms with E-state index in [9.17, 15) is 9.90 Å². The van der Waals surface area contributed by atoms with Gasteiger partial charge in [0, 0.05) is 16.3 Å². The van der Waals surface area contributed by atoms with E-state index in [2.05, 4.69) is 4.98 Å². The van der Waals surface area contributed by atoms with Crippen molar-refractivity contribution >= 4 is 28.1 Å². The van der Waals surface area contributed by atoms with Crippen LogP contribution in [0.15, 0.2) is 41.8 Å². The summed E-state index contributed by atoms with van der Waals surface area (Å²) in [6.07, 6.45) is 0.184. The summed E-state index contributed by atoms with van der Waals surface area (Å²) in [6.45, 7) is 2.16. The third kappa shape index (κ3) is 2.94. The first-order valence-electron chi connectivity index (χ1n) is 6.99. The van der Waals surface area contributed by atoms with Crippen molar-refractivity contribution < 1.29 is 14.6 Å². The van der Waals surface area contributed by atoms with Gasteiger partial charge in [-0.1, -0.05) is 24.3 Å². The molecule has 0 bridgehead atoms. The van der Waals surface area contributed by atoms with Gasteiger partial charge in [-0.3, -0.25) is 4.79 Å². The average molecular weight is 313 g/mol. The Morgan fingerprint density at radius 1 is 1.32 bits per heavy atom. The summed E-state index contributed by atoms with van der Waals surface area (Å²) < 4.78 is 4.93. The summed E-state index contributed by atoms with van der Waals surface area (Å²) >= 11 is 1.48. The second kappa shape index (κ2) is 6.15. The molecule has 3 rings (SSSR count). The van der Waals surface area contributed by atoms with Gasteiger partial charge in [0.25, 0.3) is 0 Å². The van der Waals surface area contributed by atoms with Crippen LogP contribution in [0.3, 0.4) is 0 Å². The van der Waals surface area contributed by atoms with Gasteiger partial charge < -0.3 is 9.84 Å². The molecule has 0 saturated carbocycles.